The van der Waals surface area contributed by atoms with Crippen molar-refractivity contribution < 1.29 is 37.0 Å². The molecular formula is C29H32F3N5O5. The number of hydrogen-bond donors (Lipinski definition) is 1. The van der Waals surface area contributed by atoms with E-state index < -0.39 is 18.6 Å². The number of fused-ring (bicyclic) bond motifs is 1. The molecule has 0 fully saturated rings. The molecule has 1 unspecified atom stereocenters. The lowest BCUT2D eigenvalue weighted by Crippen LogP contribution is -2.34. The van der Waals surface area contributed by atoms with Crippen LogP contribution in [0.1, 0.15) is 31.1 Å². The Morgan fingerprint density at radius 3 is 2.31 bits per heavy atom. The number of aromatic nitrogens is 4. The van der Waals surface area contributed by atoms with E-state index in [2.05, 4.69) is 10.1 Å². The fraction of sp³-hybridized carbons (Fsp3) is 0.379. The third-order valence-corrected chi connectivity index (χ3v) is 6.74. The highest BCUT2D eigenvalue weighted by molar-refractivity contribution is 6.00. The SMILES string of the molecule is CCOC(=O)C(Cn1cc(-c2ccn3c(-c4cc(OC)c(C(=O)NCC(F)(F)F)c(OC)c4)cnc3c2)cn1)C(C)C. The van der Waals surface area contributed by atoms with Crippen molar-refractivity contribution in [3.05, 3.63) is 54.6 Å². The van der Waals surface area contributed by atoms with E-state index in [0.29, 0.717) is 30.1 Å². The Labute approximate surface area is 240 Å². The number of methoxy groups -OCH3 is 2. The molecule has 1 aromatic carbocycles. The second kappa shape index (κ2) is 12.5. The van der Waals surface area contributed by atoms with Gasteiger partial charge in [-0.05, 0) is 42.7 Å². The smallest absolute Gasteiger partial charge is 0.405 e. The summed E-state index contributed by atoms with van der Waals surface area (Å²) >= 11 is 0. The monoisotopic (exact) mass is 587 g/mol. The van der Waals surface area contributed by atoms with E-state index in [0.717, 1.165) is 11.1 Å². The predicted octanol–water partition coefficient (Wildman–Crippen LogP) is 5.01. The molecule has 0 radical (unpaired) electrons. The molecule has 3 aromatic heterocycles. The highest BCUT2D eigenvalue weighted by Crippen LogP contribution is 2.36. The molecule has 4 aromatic rings. The number of imidazole rings is 1. The van der Waals surface area contributed by atoms with Crippen LogP contribution in [-0.2, 0) is 16.1 Å². The van der Waals surface area contributed by atoms with Gasteiger partial charge in [0, 0.05) is 23.5 Å². The van der Waals surface area contributed by atoms with Crippen LogP contribution in [0, 0.1) is 11.8 Å². The largest absolute Gasteiger partial charge is 0.496 e. The molecule has 42 heavy (non-hydrogen) atoms. The molecule has 0 spiro atoms. The van der Waals surface area contributed by atoms with E-state index in [-0.39, 0.29) is 34.9 Å². The Bertz CT molecular complexity index is 1550. The second-order valence-electron chi connectivity index (χ2n) is 9.89. The molecule has 224 valence electrons. The fourth-order valence-electron chi connectivity index (χ4n) is 4.55. The molecule has 0 aliphatic rings. The van der Waals surface area contributed by atoms with Gasteiger partial charge in [0.1, 0.15) is 29.3 Å². The highest BCUT2D eigenvalue weighted by Gasteiger charge is 2.30. The third-order valence-electron chi connectivity index (χ3n) is 6.74. The Morgan fingerprint density at radius 2 is 1.71 bits per heavy atom. The first-order valence-corrected chi connectivity index (χ1v) is 13.2. The van der Waals surface area contributed by atoms with Crippen molar-refractivity contribution in [2.45, 2.75) is 33.5 Å². The average Bonchev–Trinajstić information content (AvgIpc) is 3.60. The second-order valence-corrected chi connectivity index (χ2v) is 9.89. The standard InChI is InChI=1S/C29H32F3N5O5/c1-6-42-28(39)21(17(2)3)15-36-14-20(12-35-36)18-7-8-37-22(13-33-25(37)11-18)19-9-23(40-4)26(24(10-19)41-5)27(38)34-16-29(30,31)32/h7-14,17,21H,6,15-16H2,1-5H3,(H,34,38). The van der Waals surface area contributed by atoms with Crippen LogP contribution in [0.3, 0.4) is 0 Å². The topological polar surface area (TPSA) is 109 Å². The van der Waals surface area contributed by atoms with Crippen molar-refractivity contribution in [1.82, 2.24) is 24.5 Å². The minimum atomic E-state index is -4.57. The molecule has 10 nitrogen and oxygen atoms in total. The Balaban J connectivity index is 1.62. The van der Waals surface area contributed by atoms with Gasteiger partial charge in [0.25, 0.3) is 5.91 Å². The lowest BCUT2D eigenvalue weighted by atomic mass is 9.96. The molecule has 0 aliphatic heterocycles. The number of carbonyl (C=O) groups is 2. The summed E-state index contributed by atoms with van der Waals surface area (Å²) in [5.41, 5.74) is 3.37. The van der Waals surface area contributed by atoms with E-state index in [1.54, 1.807) is 36.1 Å². The summed E-state index contributed by atoms with van der Waals surface area (Å²) in [6, 6.07) is 6.85. The zero-order chi connectivity index (χ0) is 30.6. The summed E-state index contributed by atoms with van der Waals surface area (Å²) < 4.78 is 57.4. The summed E-state index contributed by atoms with van der Waals surface area (Å²) in [6.45, 7) is 4.94. The zero-order valence-corrected chi connectivity index (χ0v) is 23.9. The first-order valence-electron chi connectivity index (χ1n) is 13.2. The van der Waals surface area contributed by atoms with E-state index >= 15 is 0 Å². The predicted molar refractivity (Wildman–Crippen MR) is 148 cm³/mol. The maximum atomic E-state index is 12.7. The summed E-state index contributed by atoms with van der Waals surface area (Å²) in [6.07, 6.45) is 2.47. The molecule has 1 amide bonds. The number of ether oxygens (including phenoxy) is 3. The van der Waals surface area contributed by atoms with Crippen LogP contribution in [-0.4, -0.2) is 64.6 Å². The number of halogens is 3. The fourth-order valence-corrected chi connectivity index (χ4v) is 4.55. The van der Waals surface area contributed by atoms with Gasteiger partial charge in [-0.2, -0.15) is 18.3 Å². The van der Waals surface area contributed by atoms with Crippen molar-refractivity contribution in [3.63, 3.8) is 0 Å². The zero-order valence-electron chi connectivity index (χ0n) is 23.9. The molecule has 1 atom stereocenters. The summed E-state index contributed by atoms with van der Waals surface area (Å²) in [5, 5.41) is 6.29. The van der Waals surface area contributed by atoms with Gasteiger partial charge in [0.2, 0.25) is 0 Å². The maximum Gasteiger partial charge on any atom is 0.405 e. The minimum Gasteiger partial charge on any atom is -0.496 e. The van der Waals surface area contributed by atoms with Crippen molar-refractivity contribution in [2.24, 2.45) is 11.8 Å². The Hall–Kier alpha value is -4.55. The molecule has 4 rings (SSSR count). The molecule has 1 N–H and O–H groups in total. The quantitative estimate of drug-likeness (QED) is 0.246. The number of rotatable bonds is 11. The van der Waals surface area contributed by atoms with E-state index in [1.807, 2.05) is 48.1 Å². The number of nitrogens with zero attached hydrogens (tertiary/aromatic N) is 4. The normalized spacial score (nSPS) is 12.4. The molecule has 13 heteroatoms. The van der Waals surface area contributed by atoms with Crippen molar-refractivity contribution in [2.75, 3.05) is 27.4 Å². The number of esters is 1. The van der Waals surface area contributed by atoms with Gasteiger partial charge < -0.3 is 19.5 Å². The van der Waals surface area contributed by atoms with Crippen LogP contribution in [0.4, 0.5) is 13.2 Å². The van der Waals surface area contributed by atoms with Gasteiger partial charge in [-0.15, -0.1) is 0 Å². The van der Waals surface area contributed by atoms with Crippen LogP contribution in [0.25, 0.3) is 28.0 Å². The van der Waals surface area contributed by atoms with Gasteiger partial charge in [-0.25, -0.2) is 4.98 Å². The molecule has 0 aliphatic carbocycles. The highest BCUT2D eigenvalue weighted by atomic mass is 19.4. The van der Waals surface area contributed by atoms with Gasteiger partial charge in [-0.3, -0.25) is 18.7 Å². The van der Waals surface area contributed by atoms with Crippen LogP contribution in [0.5, 0.6) is 11.5 Å². The first-order chi connectivity index (χ1) is 19.9. The number of carbonyl (C=O) groups excluding carboxylic acids is 2. The maximum absolute atomic E-state index is 12.7. The van der Waals surface area contributed by atoms with Crippen LogP contribution < -0.4 is 14.8 Å². The molecule has 0 bridgehead atoms. The first kappa shape index (κ1) is 30.4. The summed E-state index contributed by atoms with van der Waals surface area (Å²) in [5.74, 6) is -1.38. The average molecular weight is 588 g/mol. The van der Waals surface area contributed by atoms with Crippen LogP contribution >= 0.6 is 0 Å². The van der Waals surface area contributed by atoms with Gasteiger partial charge in [0.05, 0.1) is 51.4 Å². The number of benzene rings is 1. The number of alkyl halides is 3. The molecule has 0 saturated carbocycles. The van der Waals surface area contributed by atoms with Crippen LogP contribution in [0.15, 0.2) is 49.1 Å². The number of hydrogen-bond acceptors (Lipinski definition) is 7. The van der Waals surface area contributed by atoms with Gasteiger partial charge in [-0.1, -0.05) is 13.8 Å². The lowest BCUT2D eigenvalue weighted by molar-refractivity contribution is -0.150. The van der Waals surface area contributed by atoms with E-state index in [9.17, 15) is 22.8 Å². The van der Waals surface area contributed by atoms with Crippen molar-refractivity contribution in [1.29, 1.82) is 0 Å². The van der Waals surface area contributed by atoms with Crippen molar-refractivity contribution >= 4 is 17.5 Å². The summed E-state index contributed by atoms with van der Waals surface area (Å²) in [7, 11) is 2.63. The van der Waals surface area contributed by atoms with Crippen molar-refractivity contribution in [3.8, 4) is 33.9 Å². The lowest BCUT2D eigenvalue weighted by Gasteiger charge is -2.18. The Morgan fingerprint density at radius 1 is 1.02 bits per heavy atom. The van der Waals surface area contributed by atoms with E-state index in [1.165, 1.54) is 14.2 Å². The molecule has 0 saturated heterocycles. The van der Waals surface area contributed by atoms with Gasteiger partial charge >= 0.3 is 12.1 Å². The third kappa shape index (κ3) is 6.67. The molecular weight excluding hydrogens is 555 g/mol. The van der Waals surface area contributed by atoms with Crippen LogP contribution in [0.2, 0.25) is 0 Å². The number of nitrogens with one attached hydrogen (secondary N) is 1. The summed E-state index contributed by atoms with van der Waals surface area (Å²) in [4.78, 5) is 29.5. The van der Waals surface area contributed by atoms with Gasteiger partial charge in [0.15, 0.2) is 0 Å². The number of pyridine rings is 1. The minimum absolute atomic E-state index is 0.0468. The number of amides is 1. The molecule has 3 heterocycles. The van der Waals surface area contributed by atoms with E-state index in [4.69, 9.17) is 14.2 Å². The Kier molecular flexibility index (Phi) is 9.08.